The van der Waals surface area contributed by atoms with E-state index in [1.54, 1.807) is 0 Å². The molecular weight excluding hydrogens is 645 g/mol. The van der Waals surface area contributed by atoms with Crippen LogP contribution in [0.15, 0.2) is 121 Å². The lowest BCUT2D eigenvalue weighted by molar-refractivity contribution is -0.328. The minimum Gasteiger partial charge on any atom is -0.374 e. The topological polar surface area (TPSA) is 55.4 Å². The van der Waals surface area contributed by atoms with Crippen molar-refractivity contribution in [1.29, 1.82) is 0 Å². The van der Waals surface area contributed by atoms with Crippen LogP contribution < -0.4 is 0 Å². The SMILES string of the molecule is CCCCSCCCCCO[C@@H]1O[C@H](COCc2ccccc2)[C@@H](OCc2ccccc2)[C@H](OCc2ccccc2)[C@H]1OCc1ccccc1. The molecule has 6 nitrogen and oxygen atoms in total. The Morgan fingerprint density at radius 1 is 0.500 bits per heavy atom. The zero-order valence-corrected chi connectivity index (χ0v) is 30.3. The number of unbranched alkanes of at least 4 members (excludes halogenated alkanes) is 3. The van der Waals surface area contributed by atoms with Gasteiger partial charge in [0.25, 0.3) is 0 Å². The van der Waals surface area contributed by atoms with Crippen molar-refractivity contribution in [3.63, 3.8) is 0 Å². The van der Waals surface area contributed by atoms with Gasteiger partial charge < -0.3 is 28.4 Å². The highest BCUT2D eigenvalue weighted by atomic mass is 32.2. The summed E-state index contributed by atoms with van der Waals surface area (Å²) in [5.41, 5.74) is 4.33. The summed E-state index contributed by atoms with van der Waals surface area (Å²) in [4.78, 5) is 0. The second-order valence-corrected chi connectivity index (χ2v) is 13.9. The van der Waals surface area contributed by atoms with E-state index in [4.69, 9.17) is 28.4 Å². The largest absolute Gasteiger partial charge is 0.374 e. The molecule has 0 spiro atoms. The van der Waals surface area contributed by atoms with E-state index in [2.05, 4.69) is 67.2 Å². The molecule has 0 bridgehead atoms. The van der Waals surface area contributed by atoms with Crippen molar-refractivity contribution in [2.45, 2.75) is 96.2 Å². The van der Waals surface area contributed by atoms with Crippen LogP contribution in [0, 0.1) is 0 Å². The molecule has 4 aromatic rings. The van der Waals surface area contributed by atoms with Crippen molar-refractivity contribution in [3.8, 4) is 0 Å². The molecule has 0 aliphatic carbocycles. The van der Waals surface area contributed by atoms with Crippen LogP contribution in [0.1, 0.15) is 61.3 Å². The van der Waals surface area contributed by atoms with Crippen LogP contribution in [0.5, 0.6) is 0 Å². The standard InChI is InChI=1S/C43H54O6S/c1-2-3-28-50-29-18-8-17-27-45-43-42(48-33-38-25-15-7-16-26-38)41(47-32-37-23-13-6-14-24-37)40(46-31-36-21-11-5-12-22-36)39(49-43)34-44-30-35-19-9-4-10-20-35/h4-7,9-16,19-26,39-43H,2-3,8,17-18,27-34H2,1H3/t39-,40-,41+,42-,43-/m1/s1. The van der Waals surface area contributed by atoms with E-state index in [9.17, 15) is 0 Å². The van der Waals surface area contributed by atoms with Gasteiger partial charge in [0.05, 0.1) is 33.0 Å². The Kier molecular flexibility index (Phi) is 17.4. The smallest absolute Gasteiger partial charge is 0.186 e. The van der Waals surface area contributed by atoms with E-state index in [1.165, 1.54) is 30.8 Å². The molecule has 268 valence electrons. The van der Waals surface area contributed by atoms with Crippen LogP contribution in [0.3, 0.4) is 0 Å². The molecule has 5 rings (SSSR count). The Labute approximate surface area is 303 Å². The molecule has 5 atom stereocenters. The summed E-state index contributed by atoms with van der Waals surface area (Å²) in [7, 11) is 0. The van der Waals surface area contributed by atoms with Gasteiger partial charge in [0, 0.05) is 6.61 Å². The van der Waals surface area contributed by atoms with E-state index in [-0.39, 0.29) is 0 Å². The molecule has 0 aromatic heterocycles. The molecule has 1 aliphatic heterocycles. The first-order valence-corrected chi connectivity index (χ1v) is 19.4. The molecule has 4 aromatic carbocycles. The first kappa shape index (κ1) is 38.2. The fourth-order valence-corrected chi connectivity index (χ4v) is 7.02. The Morgan fingerprint density at radius 2 is 0.980 bits per heavy atom. The summed E-state index contributed by atoms with van der Waals surface area (Å²) in [5, 5.41) is 0. The predicted octanol–water partition coefficient (Wildman–Crippen LogP) is 9.40. The summed E-state index contributed by atoms with van der Waals surface area (Å²) in [6.07, 6.45) is 3.21. The Morgan fingerprint density at radius 3 is 1.52 bits per heavy atom. The third-order valence-corrected chi connectivity index (χ3v) is 9.85. The van der Waals surface area contributed by atoms with E-state index < -0.39 is 30.7 Å². The number of hydrogen-bond donors (Lipinski definition) is 0. The number of ether oxygens (including phenoxy) is 6. The molecule has 7 heteroatoms. The first-order chi connectivity index (χ1) is 24.8. The maximum atomic E-state index is 6.82. The summed E-state index contributed by atoms with van der Waals surface area (Å²) in [5.74, 6) is 2.44. The average Bonchev–Trinajstić information content (AvgIpc) is 3.17. The predicted molar refractivity (Wildman–Crippen MR) is 202 cm³/mol. The molecule has 0 saturated carbocycles. The van der Waals surface area contributed by atoms with Crippen molar-refractivity contribution in [3.05, 3.63) is 144 Å². The highest BCUT2D eigenvalue weighted by Gasteiger charge is 2.49. The summed E-state index contributed by atoms with van der Waals surface area (Å²) in [6.45, 7) is 4.82. The van der Waals surface area contributed by atoms with Crippen LogP contribution in [0.25, 0.3) is 0 Å². The Balaban J connectivity index is 1.35. The minimum atomic E-state index is -0.652. The number of benzene rings is 4. The Bertz CT molecular complexity index is 1410. The highest BCUT2D eigenvalue weighted by Crippen LogP contribution is 2.32. The molecular formula is C43H54O6S. The molecule has 0 unspecified atom stereocenters. The fourth-order valence-electron chi connectivity index (χ4n) is 5.91. The van der Waals surface area contributed by atoms with Gasteiger partial charge in [-0.05, 0) is 53.0 Å². The van der Waals surface area contributed by atoms with E-state index in [0.29, 0.717) is 39.6 Å². The zero-order valence-electron chi connectivity index (χ0n) is 29.5. The van der Waals surface area contributed by atoms with E-state index in [0.717, 1.165) is 35.1 Å². The monoisotopic (exact) mass is 698 g/mol. The molecule has 0 amide bonds. The molecule has 1 aliphatic rings. The minimum absolute atomic E-state index is 0.319. The normalized spacial score (nSPS) is 20.5. The molecule has 50 heavy (non-hydrogen) atoms. The van der Waals surface area contributed by atoms with Gasteiger partial charge in [-0.3, -0.25) is 0 Å². The van der Waals surface area contributed by atoms with Gasteiger partial charge in [-0.15, -0.1) is 0 Å². The average molecular weight is 699 g/mol. The molecule has 0 radical (unpaired) electrons. The summed E-state index contributed by atoms with van der Waals surface area (Å²) in [6, 6.07) is 40.9. The van der Waals surface area contributed by atoms with Gasteiger partial charge in [0.2, 0.25) is 0 Å². The first-order valence-electron chi connectivity index (χ1n) is 18.2. The highest BCUT2D eigenvalue weighted by molar-refractivity contribution is 7.99. The van der Waals surface area contributed by atoms with Gasteiger partial charge in [0.15, 0.2) is 6.29 Å². The second-order valence-electron chi connectivity index (χ2n) is 12.7. The fraction of sp³-hybridized carbons (Fsp3) is 0.442. The summed E-state index contributed by atoms with van der Waals surface area (Å²) < 4.78 is 40.0. The van der Waals surface area contributed by atoms with Gasteiger partial charge in [-0.1, -0.05) is 141 Å². The Hall–Kier alpha value is -3.01. The van der Waals surface area contributed by atoms with Crippen LogP contribution in [-0.2, 0) is 54.8 Å². The molecule has 1 fully saturated rings. The van der Waals surface area contributed by atoms with Gasteiger partial charge >= 0.3 is 0 Å². The number of thioether (sulfide) groups is 1. The third kappa shape index (κ3) is 13.3. The van der Waals surface area contributed by atoms with Crippen molar-refractivity contribution >= 4 is 11.8 Å². The van der Waals surface area contributed by atoms with Gasteiger partial charge in [-0.25, -0.2) is 0 Å². The van der Waals surface area contributed by atoms with Crippen molar-refractivity contribution < 1.29 is 28.4 Å². The van der Waals surface area contributed by atoms with Crippen LogP contribution >= 0.6 is 11.8 Å². The van der Waals surface area contributed by atoms with Gasteiger partial charge in [-0.2, -0.15) is 11.8 Å². The molecule has 0 N–H and O–H groups in total. The lowest BCUT2D eigenvalue weighted by Gasteiger charge is -2.46. The number of rotatable bonds is 23. The zero-order chi connectivity index (χ0) is 34.5. The van der Waals surface area contributed by atoms with Crippen LogP contribution in [-0.4, -0.2) is 55.4 Å². The van der Waals surface area contributed by atoms with Crippen LogP contribution in [0.2, 0.25) is 0 Å². The second kappa shape index (κ2) is 22.7. The van der Waals surface area contributed by atoms with E-state index >= 15 is 0 Å². The van der Waals surface area contributed by atoms with Crippen molar-refractivity contribution in [2.75, 3.05) is 24.7 Å². The molecule has 1 heterocycles. The van der Waals surface area contributed by atoms with Crippen molar-refractivity contribution in [1.82, 2.24) is 0 Å². The lowest BCUT2D eigenvalue weighted by Crippen LogP contribution is -2.61. The quantitative estimate of drug-likeness (QED) is 0.0716. The third-order valence-electron chi connectivity index (χ3n) is 8.70. The lowest BCUT2D eigenvalue weighted by atomic mass is 9.97. The summed E-state index contributed by atoms with van der Waals surface area (Å²) >= 11 is 2.05. The maximum Gasteiger partial charge on any atom is 0.186 e. The van der Waals surface area contributed by atoms with Gasteiger partial charge in [0.1, 0.15) is 24.4 Å². The van der Waals surface area contributed by atoms with E-state index in [1.807, 2.05) is 72.8 Å². The molecule has 1 saturated heterocycles. The number of hydrogen-bond acceptors (Lipinski definition) is 7. The van der Waals surface area contributed by atoms with Crippen LogP contribution in [0.4, 0.5) is 0 Å². The van der Waals surface area contributed by atoms with Crippen molar-refractivity contribution in [2.24, 2.45) is 0 Å². The maximum absolute atomic E-state index is 6.82.